The molecule has 0 spiro atoms. The maximum absolute atomic E-state index is 13.2. The van der Waals surface area contributed by atoms with E-state index in [9.17, 15) is 14.4 Å². The third-order valence-electron chi connectivity index (χ3n) is 5.04. The number of benzene rings is 3. The van der Waals surface area contributed by atoms with E-state index in [1.54, 1.807) is 42.5 Å². The third-order valence-corrected chi connectivity index (χ3v) is 6.31. The van der Waals surface area contributed by atoms with Crippen LogP contribution in [0.5, 0.6) is 11.5 Å². The van der Waals surface area contributed by atoms with Crippen LogP contribution in [0.2, 0.25) is 0 Å². The number of barbiturate groups is 1. The van der Waals surface area contributed by atoms with Crippen molar-refractivity contribution in [2.75, 3.05) is 12.0 Å². The maximum Gasteiger partial charge on any atom is 0.335 e. The third kappa shape index (κ3) is 5.05. The number of nitrogens with zero attached hydrogens (tertiary/aromatic N) is 1. The van der Waals surface area contributed by atoms with Crippen molar-refractivity contribution in [1.82, 2.24) is 5.32 Å². The van der Waals surface area contributed by atoms with Gasteiger partial charge in [0.15, 0.2) is 0 Å². The number of imide groups is 2. The number of carbonyl (C=O) groups is 3. The van der Waals surface area contributed by atoms with Gasteiger partial charge in [-0.3, -0.25) is 14.9 Å². The summed E-state index contributed by atoms with van der Waals surface area (Å²) >= 11 is 6.91. The minimum atomic E-state index is -0.822. The highest BCUT2D eigenvalue weighted by Gasteiger charge is 2.37. The number of amides is 4. The van der Waals surface area contributed by atoms with Gasteiger partial charge in [-0.15, -0.1) is 0 Å². The lowest BCUT2D eigenvalue weighted by molar-refractivity contribution is -0.122. The van der Waals surface area contributed by atoms with Gasteiger partial charge in [-0.2, -0.15) is 0 Å². The molecular weight excluding hydrogens is 568 g/mol. The van der Waals surface area contributed by atoms with E-state index in [0.717, 1.165) is 19.4 Å². The van der Waals surface area contributed by atoms with Crippen LogP contribution < -0.4 is 19.7 Å². The van der Waals surface area contributed by atoms with Crippen molar-refractivity contribution in [2.45, 2.75) is 6.61 Å². The monoisotopic (exact) mass is 584 g/mol. The molecule has 0 aromatic heterocycles. The molecule has 0 atom stereocenters. The fraction of sp³-hybridized carbons (Fsp3) is 0.0800. The first-order chi connectivity index (χ1) is 16.4. The summed E-state index contributed by atoms with van der Waals surface area (Å²) in [6.07, 6.45) is 1.42. The number of ether oxygens (including phenoxy) is 2. The molecule has 4 rings (SSSR count). The molecule has 1 heterocycles. The Morgan fingerprint density at radius 3 is 2.41 bits per heavy atom. The Bertz CT molecular complexity index is 1300. The minimum absolute atomic E-state index is 0.195. The summed E-state index contributed by atoms with van der Waals surface area (Å²) in [4.78, 5) is 39.2. The smallest absolute Gasteiger partial charge is 0.335 e. The maximum atomic E-state index is 13.2. The minimum Gasteiger partial charge on any atom is -0.497 e. The highest BCUT2D eigenvalue weighted by molar-refractivity contribution is 9.10. The lowest BCUT2D eigenvalue weighted by atomic mass is 10.1. The quantitative estimate of drug-likeness (QED) is 0.306. The number of carbonyl (C=O) groups excluding carboxylic acids is 3. The Morgan fingerprint density at radius 1 is 0.971 bits per heavy atom. The largest absolute Gasteiger partial charge is 0.497 e. The van der Waals surface area contributed by atoms with E-state index in [0.29, 0.717) is 22.7 Å². The van der Waals surface area contributed by atoms with Gasteiger partial charge in [0.25, 0.3) is 11.8 Å². The van der Waals surface area contributed by atoms with Gasteiger partial charge < -0.3 is 9.47 Å². The van der Waals surface area contributed by atoms with Crippen molar-refractivity contribution >= 4 is 61.5 Å². The molecule has 34 heavy (non-hydrogen) atoms. The Labute approximate surface area is 212 Å². The molecule has 172 valence electrons. The predicted octanol–water partition coefficient (Wildman–Crippen LogP) is 5.47. The van der Waals surface area contributed by atoms with E-state index in [2.05, 4.69) is 37.2 Å². The number of rotatable bonds is 6. The lowest BCUT2D eigenvalue weighted by Gasteiger charge is -2.26. The van der Waals surface area contributed by atoms with Crippen molar-refractivity contribution in [1.29, 1.82) is 0 Å². The number of hydrogen-bond acceptors (Lipinski definition) is 5. The van der Waals surface area contributed by atoms with Crippen LogP contribution in [0.1, 0.15) is 11.1 Å². The summed E-state index contributed by atoms with van der Waals surface area (Å²) in [6, 6.07) is 18.5. The van der Waals surface area contributed by atoms with E-state index < -0.39 is 17.8 Å². The van der Waals surface area contributed by atoms with Crippen LogP contribution >= 0.6 is 31.9 Å². The molecule has 0 radical (unpaired) electrons. The van der Waals surface area contributed by atoms with Gasteiger partial charge in [-0.25, -0.2) is 9.69 Å². The normalized spacial score (nSPS) is 14.9. The van der Waals surface area contributed by atoms with Crippen molar-refractivity contribution in [3.63, 3.8) is 0 Å². The zero-order chi connectivity index (χ0) is 24.2. The molecule has 1 fully saturated rings. The number of hydrogen-bond donors (Lipinski definition) is 1. The second-order valence-electron chi connectivity index (χ2n) is 7.22. The molecule has 0 unspecified atom stereocenters. The highest BCUT2D eigenvalue weighted by atomic mass is 79.9. The average Bonchev–Trinajstić information content (AvgIpc) is 2.82. The number of anilines is 1. The van der Waals surface area contributed by atoms with Crippen molar-refractivity contribution in [3.05, 3.63) is 92.4 Å². The summed E-state index contributed by atoms with van der Waals surface area (Å²) in [5.74, 6) is -0.478. The van der Waals surface area contributed by atoms with E-state index in [4.69, 9.17) is 9.47 Å². The Balaban J connectivity index is 1.67. The van der Waals surface area contributed by atoms with Gasteiger partial charge in [0.05, 0.1) is 12.8 Å². The van der Waals surface area contributed by atoms with E-state index in [1.807, 2.05) is 24.3 Å². The standard InChI is InChI=1S/C25H18Br2N2O5/c1-33-19-9-7-18(8-10-19)29-24(31)20(23(30)28-25(29)32)13-16-12-17(26)6-11-22(16)34-14-15-4-2-3-5-21(15)27/h2-13H,14H2,1H3,(H,28,30,32)/b20-13+. The molecule has 0 aliphatic carbocycles. The highest BCUT2D eigenvalue weighted by Crippen LogP contribution is 2.30. The summed E-state index contributed by atoms with van der Waals surface area (Å²) in [5, 5.41) is 2.23. The van der Waals surface area contributed by atoms with Crippen molar-refractivity contribution in [3.8, 4) is 11.5 Å². The summed E-state index contributed by atoms with van der Waals surface area (Å²) in [5.41, 5.74) is 1.55. The fourth-order valence-electron chi connectivity index (χ4n) is 3.31. The molecule has 1 saturated heterocycles. The molecular formula is C25H18Br2N2O5. The molecule has 9 heteroatoms. The van der Waals surface area contributed by atoms with Crippen molar-refractivity contribution < 1.29 is 23.9 Å². The first-order valence-electron chi connectivity index (χ1n) is 10.1. The van der Waals surface area contributed by atoms with Crippen LogP contribution in [0.3, 0.4) is 0 Å². The molecule has 0 saturated carbocycles. The second kappa shape index (κ2) is 10.2. The summed E-state index contributed by atoms with van der Waals surface area (Å²) in [7, 11) is 1.52. The lowest BCUT2D eigenvalue weighted by Crippen LogP contribution is -2.54. The second-order valence-corrected chi connectivity index (χ2v) is 8.99. The Kier molecular flexibility index (Phi) is 7.14. The van der Waals surface area contributed by atoms with Gasteiger partial charge in [-0.05, 0) is 54.6 Å². The summed E-state index contributed by atoms with van der Waals surface area (Å²) < 4.78 is 12.8. The van der Waals surface area contributed by atoms with Gasteiger partial charge in [0.2, 0.25) is 0 Å². The number of halogens is 2. The molecule has 1 aliphatic heterocycles. The topological polar surface area (TPSA) is 84.9 Å². The van der Waals surface area contributed by atoms with Gasteiger partial charge in [0, 0.05) is 20.1 Å². The molecule has 3 aromatic carbocycles. The van der Waals surface area contributed by atoms with Crippen LogP contribution in [0.15, 0.2) is 81.2 Å². The van der Waals surface area contributed by atoms with Gasteiger partial charge >= 0.3 is 6.03 Å². The fourth-order valence-corrected chi connectivity index (χ4v) is 4.09. The zero-order valence-corrected chi connectivity index (χ0v) is 21.1. The summed E-state index contributed by atoms with van der Waals surface area (Å²) in [6.45, 7) is 0.274. The average molecular weight is 586 g/mol. The van der Waals surface area contributed by atoms with Crippen molar-refractivity contribution in [2.24, 2.45) is 0 Å². The number of methoxy groups -OCH3 is 1. The number of urea groups is 1. The molecule has 3 aromatic rings. The number of nitrogens with one attached hydrogen (secondary N) is 1. The van der Waals surface area contributed by atoms with Crippen LogP contribution in [-0.2, 0) is 16.2 Å². The Morgan fingerprint density at radius 2 is 1.71 bits per heavy atom. The Hall–Kier alpha value is -3.43. The first-order valence-corrected chi connectivity index (χ1v) is 11.7. The van der Waals surface area contributed by atoms with Crippen LogP contribution in [0.4, 0.5) is 10.5 Å². The van der Waals surface area contributed by atoms with Gasteiger partial charge in [-0.1, -0.05) is 50.1 Å². The van der Waals surface area contributed by atoms with Crippen LogP contribution in [0, 0.1) is 0 Å². The molecule has 4 amide bonds. The molecule has 1 aliphatic rings. The van der Waals surface area contributed by atoms with Gasteiger partial charge in [0.1, 0.15) is 23.7 Å². The SMILES string of the molecule is COc1ccc(N2C(=O)NC(=O)/C(=C\c3cc(Br)ccc3OCc3ccccc3Br)C2=O)cc1. The zero-order valence-electron chi connectivity index (χ0n) is 17.9. The van der Waals surface area contributed by atoms with Crippen LogP contribution in [0.25, 0.3) is 6.08 Å². The first kappa shape index (κ1) is 23.7. The van der Waals surface area contributed by atoms with E-state index >= 15 is 0 Å². The van der Waals surface area contributed by atoms with Crippen LogP contribution in [-0.4, -0.2) is 25.0 Å². The molecule has 7 nitrogen and oxygen atoms in total. The molecule has 1 N–H and O–H groups in total. The van der Waals surface area contributed by atoms with E-state index in [1.165, 1.54) is 13.2 Å². The predicted molar refractivity (Wildman–Crippen MR) is 135 cm³/mol. The van der Waals surface area contributed by atoms with E-state index in [-0.39, 0.29) is 12.2 Å². The molecule has 0 bridgehead atoms.